The van der Waals surface area contributed by atoms with Crippen LogP contribution in [0.25, 0.3) is 11.1 Å². The van der Waals surface area contributed by atoms with E-state index in [-0.39, 0.29) is 23.7 Å². The summed E-state index contributed by atoms with van der Waals surface area (Å²) in [5.74, 6) is -0.905. The van der Waals surface area contributed by atoms with Gasteiger partial charge in [-0.2, -0.15) is 0 Å². The van der Waals surface area contributed by atoms with Gasteiger partial charge in [0.1, 0.15) is 11.4 Å². The van der Waals surface area contributed by atoms with Crippen molar-refractivity contribution in [1.29, 1.82) is 0 Å². The Balaban J connectivity index is 1.83. The van der Waals surface area contributed by atoms with E-state index in [2.05, 4.69) is 15.6 Å². The highest BCUT2D eigenvalue weighted by Gasteiger charge is 2.30. The van der Waals surface area contributed by atoms with Gasteiger partial charge in [0.15, 0.2) is 6.04 Å². The van der Waals surface area contributed by atoms with Crippen molar-refractivity contribution in [3.8, 4) is 11.1 Å². The number of esters is 1. The molecule has 0 radical (unpaired) electrons. The van der Waals surface area contributed by atoms with Crippen LogP contribution in [0.2, 0.25) is 10.0 Å². The molecule has 3 aromatic rings. The summed E-state index contributed by atoms with van der Waals surface area (Å²) in [6.07, 6.45) is 4.07. The number of nitrogen functional groups attached to an aromatic ring is 1. The number of hydrogen-bond acceptors (Lipinski definition) is 9. The number of nitrogens with zero attached hydrogens (tertiary/aromatic N) is 3. The molecule has 0 unspecified atom stereocenters. The summed E-state index contributed by atoms with van der Waals surface area (Å²) < 4.78 is 13.2. The van der Waals surface area contributed by atoms with Gasteiger partial charge < -0.3 is 30.4 Å². The number of benzene rings is 1. The molecule has 4 N–H and O–H groups in total. The minimum absolute atomic E-state index is 0.0885. The third-order valence-corrected chi connectivity index (χ3v) is 6.57. The van der Waals surface area contributed by atoms with Crippen LogP contribution in [-0.4, -0.2) is 56.7 Å². The van der Waals surface area contributed by atoms with Crippen LogP contribution in [0.1, 0.15) is 58.3 Å². The number of anilines is 2. The Labute approximate surface area is 266 Å². The lowest BCUT2D eigenvalue weighted by atomic mass is 10.0. The smallest absolute Gasteiger partial charge is 0.331 e. The first-order valence-corrected chi connectivity index (χ1v) is 14.7. The van der Waals surface area contributed by atoms with Crippen molar-refractivity contribution in [2.45, 2.75) is 71.8 Å². The van der Waals surface area contributed by atoms with Crippen LogP contribution in [0.4, 0.5) is 17.3 Å². The molecule has 2 heterocycles. The van der Waals surface area contributed by atoms with E-state index in [1.165, 1.54) is 12.1 Å². The van der Waals surface area contributed by atoms with Crippen molar-refractivity contribution in [3.05, 3.63) is 68.4 Å². The molecule has 2 aromatic heterocycles. The molecule has 1 amide bonds. The van der Waals surface area contributed by atoms with Crippen molar-refractivity contribution < 1.29 is 24.0 Å². The number of halogens is 2. The van der Waals surface area contributed by atoms with Gasteiger partial charge in [-0.25, -0.2) is 9.78 Å². The predicted molar refractivity (Wildman–Crippen MR) is 171 cm³/mol. The normalized spacial score (nSPS) is 12.5. The van der Waals surface area contributed by atoms with E-state index in [4.69, 9.17) is 38.4 Å². The van der Waals surface area contributed by atoms with Crippen LogP contribution in [0.5, 0.6) is 0 Å². The first kappa shape index (κ1) is 34.6. The van der Waals surface area contributed by atoms with Crippen molar-refractivity contribution in [3.63, 3.8) is 0 Å². The van der Waals surface area contributed by atoms with E-state index in [9.17, 15) is 19.7 Å². The highest BCUT2D eigenvalue weighted by atomic mass is 35.5. The Morgan fingerprint density at radius 3 is 2.36 bits per heavy atom. The zero-order chi connectivity index (χ0) is 32.8. The molecular weight excluding hydrogens is 611 g/mol. The van der Waals surface area contributed by atoms with Gasteiger partial charge >= 0.3 is 11.7 Å². The molecule has 0 spiro atoms. The lowest BCUT2D eigenvalue weighted by molar-refractivity contribution is -0.384. The number of rotatable bonds is 12. The SMILES string of the molecule is CC(C)(C)OC[C@@H](NC(=O)c1cn(CCCNc2ccc([N+](=O)[O-])c(N)n2)cc1-c1ccc(Cl)cc1Cl)C(=O)OC(C)(C)C. The highest BCUT2D eigenvalue weighted by Crippen LogP contribution is 2.33. The van der Waals surface area contributed by atoms with Crippen LogP contribution in [0.15, 0.2) is 42.7 Å². The van der Waals surface area contributed by atoms with Crippen molar-refractivity contribution in [2.24, 2.45) is 0 Å². The molecule has 1 aromatic carbocycles. The number of pyridine rings is 1. The Hall–Kier alpha value is -3.87. The molecule has 3 rings (SSSR count). The summed E-state index contributed by atoms with van der Waals surface area (Å²) in [4.78, 5) is 41.2. The molecule has 0 bridgehead atoms. The molecule has 0 aliphatic heterocycles. The van der Waals surface area contributed by atoms with Gasteiger partial charge in [0.25, 0.3) is 5.91 Å². The number of carbonyl (C=O) groups excluding carboxylic acids is 2. The van der Waals surface area contributed by atoms with Crippen LogP contribution in [-0.2, 0) is 20.8 Å². The second-order valence-electron chi connectivity index (χ2n) is 12.1. The lowest BCUT2D eigenvalue weighted by Gasteiger charge is -2.27. The molecule has 1 atom stereocenters. The highest BCUT2D eigenvalue weighted by molar-refractivity contribution is 6.36. The molecule has 0 saturated carbocycles. The van der Waals surface area contributed by atoms with Gasteiger partial charge in [0.05, 0.1) is 22.7 Å². The first-order chi connectivity index (χ1) is 20.4. The lowest BCUT2D eigenvalue weighted by Crippen LogP contribution is -2.48. The Kier molecular flexibility index (Phi) is 11.2. The zero-order valence-electron chi connectivity index (χ0n) is 25.6. The minimum atomic E-state index is -1.07. The van der Waals surface area contributed by atoms with Gasteiger partial charge in [-0.05, 0) is 66.2 Å². The summed E-state index contributed by atoms with van der Waals surface area (Å²) in [5.41, 5.74) is 5.51. The number of aryl methyl sites for hydroxylation is 1. The van der Waals surface area contributed by atoms with Crippen molar-refractivity contribution in [2.75, 3.05) is 24.2 Å². The van der Waals surface area contributed by atoms with Gasteiger partial charge in [-0.1, -0.05) is 29.3 Å². The number of nitro groups is 1. The predicted octanol–water partition coefficient (Wildman–Crippen LogP) is 6.10. The van der Waals surface area contributed by atoms with Crippen molar-refractivity contribution >= 4 is 52.4 Å². The maximum Gasteiger partial charge on any atom is 0.331 e. The second kappa shape index (κ2) is 14.3. The van der Waals surface area contributed by atoms with Crippen LogP contribution >= 0.6 is 23.2 Å². The summed E-state index contributed by atoms with van der Waals surface area (Å²) in [6, 6.07) is 6.70. The first-order valence-electron chi connectivity index (χ1n) is 13.9. The molecule has 0 fully saturated rings. The summed E-state index contributed by atoms with van der Waals surface area (Å²) >= 11 is 12.6. The zero-order valence-corrected chi connectivity index (χ0v) is 27.1. The Morgan fingerprint density at radius 1 is 1.07 bits per heavy atom. The average Bonchev–Trinajstić information content (AvgIpc) is 3.31. The molecule has 0 aliphatic carbocycles. The molecule has 238 valence electrons. The van der Waals surface area contributed by atoms with E-state index < -0.39 is 34.0 Å². The Bertz CT molecular complexity index is 1510. The van der Waals surface area contributed by atoms with E-state index in [0.717, 1.165) is 0 Å². The van der Waals surface area contributed by atoms with Gasteiger partial charge in [-0.15, -0.1) is 0 Å². The minimum Gasteiger partial charge on any atom is -0.458 e. The third-order valence-electron chi connectivity index (χ3n) is 6.02. The fourth-order valence-electron chi connectivity index (χ4n) is 4.05. The monoisotopic (exact) mass is 648 g/mol. The standard InChI is InChI=1S/C30H38Cl2N6O6/c1-29(2,3)43-17-23(28(40)44-30(4,5)6)35-27(39)21-16-37(15-20(21)19-9-8-18(31)14-22(19)32)13-7-12-34-25-11-10-24(38(41)42)26(33)36-25/h8-11,14-16,23H,7,12-13,17H2,1-6H3,(H,35,39)(H3,33,34,36)/t23-/m1/s1. The summed E-state index contributed by atoms with van der Waals surface area (Å²) in [7, 11) is 0. The fraction of sp³-hybridized carbons (Fsp3) is 0.433. The van der Waals surface area contributed by atoms with E-state index >= 15 is 0 Å². The largest absolute Gasteiger partial charge is 0.458 e. The molecule has 0 saturated heterocycles. The molecule has 0 aliphatic rings. The van der Waals surface area contributed by atoms with E-state index in [1.54, 1.807) is 51.4 Å². The number of ether oxygens (including phenoxy) is 2. The molecule has 44 heavy (non-hydrogen) atoms. The van der Waals surface area contributed by atoms with Gasteiger partial charge in [-0.3, -0.25) is 14.9 Å². The molecule has 14 heteroatoms. The van der Waals surface area contributed by atoms with Gasteiger partial charge in [0, 0.05) is 52.7 Å². The third kappa shape index (κ3) is 10.1. The molecule has 12 nitrogen and oxygen atoms in total. The van der Waals surface area contributed by atoms with Crippen LogP contribution in [0.3, 0.4) is 0 Å². The van der Waals surface area contributed by atoms with Crippen molar-refractivity contribution in [1.82, 2.24) is 14.9 Å². The number of hydrogen-bond donors (Lipinski definition) is 3. The number of aromatic nitrogens is 2. The number of nitrogens with two attached hydrogens (primary N) is 1. The number of nitrogens with one attached hydrogen (secondary N) is 2. The summed E-state index contributed by atoms with van der Waals surface area (Å²) in [6.45, 7) is 11.7. The van der Waals surface area contributed by atoms with E-state index in [1.807, 2.05) is 25.3 Å². The maximum atomic E-state index is 13.7. The van der Waals surface area contributed by atoms with Gasteiger partial charge in [0.2, 0.25) is 5.82 Å². The topological polar surface area (TPSA) is 164 Å². The van der Waals surface area contributed by atoms with Crippen LogP contribution < -0.4 is 16.4 Å². The Morgan fingerprint density at radius 2 is 1.77 bits per heavy atom. The number of amides is 1. The van der Waals surface area contributed by atoms with E-state index in [0.29, 0.717) is 46.5 Å². The fourth-order valence-corrected chi connectivity index (χ4v) is 4.56. The maximum absolute atomic E-state index is 13.7. The molecular formula is C30H38Cl2N6O6. The average molecular weight is 650 g/mol. The van der Waals surface area contributed by atoms with Crippen LogP contribution in [0, 0.1) is 10.1 Å². The second-order valence-corrected chi connectivity index (χ2v) is 12.9. The number of carbonyl (C=O) groups is 2. The summed E-state index contributed by atoms with van der Waals surface area (Å²) in [5, 5.41) is 17.7. The quantitative estimate of drug-likeness (QED) is 0.0910.